The first-order valence-corrected chi connectivity index (χ1v) is 16.1. The Labute approximate surface area is 265 Å². The summed E-state index contributed by atoms with van der Waals surface area (Å²) in [7, 11) is 0. The van der Waals surface area contributed by atoms with Gasteiger partial charge in [0.15, 0.2) is 0 Å². The zero-order valence-corrected chi connectivity index (χ0v) is 25.3. The van der Waals surface area contributed by atoms with Crippen LogP contribution in [0.25, 0.3) is 58.8 Å². The topological polar surface area (TPSA) is 8.17 Å². The third-order valence-corrected chi connectivity index (χ3v) is 9.92. The molecule has 0 atom stereocenters. The molecule has 0 saturated carbocycles. The quantitative estimate of drug-likeness (QED) is 0.193. The lowest BCUT2D eigenvalue weighted by molar-refractivity contribution is 1.18. The number of hydrogen-bond donors (Lipinski definition) is 0. The highest BCUT2D eigenvalue weighted by atomic mass is 32.1. The van der Waals surface area contributed by atoms with E-state index in [-0.39, 0.29) is 0 Å². The molecule has 9 rings (SSSR count). The summed E-state index contributed by atoms with van der Waals surface area (Å²) in [6, 6.07) is 61.4. The van der Waals surface area contributed by atoms with E-state index in [0.717, 1.165) is 22.7 Å². The third-order valence-electron chi connectivity index (χ3n) is 8.78. The first-order chi connectivity index (χ1) is 22.3. The molecule has 3 heteroatoms. The normalized spacial score (nSPS) is 11.6. The second-order valence-electron chi connectivity index (χ2n) is 11.4. The van der Waals surface area contributed by atoms with Gasteiger partial charge in [-0.15, -0.1) is 11.3 Å². The van der Waals surface area contributed by atoms with Crippen LogP contribution in [0.5, 0.6) is 0 Å². The Morgan fingerprint density at radius 3 is 1.71 bits per heavy atom. The fraction of sp³-hybridized carbons (Fsp3) is 0. The second kappa shape index (κ2) is 10.5. The lowest BCUT2D eigenvalue weighted by Crippen LogP contribution is -2.09. The fourth-order valence-corrected chi connectivity index (χ4v) is 7.83. The number of thiophene rings is 1. The van der Waals surface area contributed by atoms with Crippen molar-refractivity contribution in [2.75, 3.05) is 4.90 Å². The maximum absolute atomic E-state index is 2.40. The van der Waals surface area contributed by atoms with Crippen LogP contribution in [0, 0.1) is 0 Å². The summed E-state index contributed by atoms with van der Waals surface area (Å²) in [5.74, 6) is 0. The number of rotatable bonds is 5. The molecular weight excluding hydrogens is 565 g/mol. The van der Waals surface area contributed by atoms with Crippen LogP contribution in [0.3, 0.4) is 0 Å². The molecule has 45 heavy (non-hydrogen) atoms. The van der Waals surface area contributed by atoms with Gasteiger partial charge in [0, 0.05) is 53.7 Å². The zero-order valence-electron chi connectivity index (χ0n) is 24.5. The van der Waals surface area contributed by atoms with Crippen molar-refractivity contribution in [3.05, 3.63) is 170 Å². The average Bonchev–Trinajstić information content (AvgIpc) is 3.64. The lowest BCUT2D eigenvalue weighted by atomic mass is 10.0. The molecule has 0 fully saturated rings. The molecule has 0 amide bonds. The van der Waals surface area contributed by atoms with Gasteiger partial charge in [-0.05, 0) is 77.9 Å². The van der Waals surface area contributed by atoms with E-state index in [0.29, 0.717) is 0 Å². The Balaban J connectivity index is 1.18. The monoisotopic (exact) mass is 592 g/mol. The number of fused-ring (bicyclic) bond motifs is 6. The molecular formula is C42H28N2S. The number of para-hydroxylation sites is 3. The minimum absolute atomic E-state index is 1.12. The molecule has 2 nitrogen and oxygen atoms in total. The van der Waals surface area contributed by atoms with Crippen molar-refractivity contribution in [2.45, 2.75) is 0 Å². The van der Waals surface area contributed by atoms with E-state index in [4.69, 9.17) is 0 Å². The molecule has 0 radical (unpaired) electrons. The molecule has 0 aliphatic rings. The zero-order chi connectivity index (χ0) is 29.7. The SMILES string of the molecule is c1ccc(N(c2ccccc2)c2ccc3c4ccccc4n(-c4ccc(-c5ccc6c(c5)sc5ccccc56)cc4)c3c2)cc1. The molecule has 0 aliphatic carbocycles. The van der Waals surface area contributed by atoms with Gasteiger partial charge >= 0.3 is 0 Å². The van der Waals surface area contributed by atoms with Crippen LogP contribution in [0.1, 0.15) is 0 Å². The maximum atomic E-state index is 2.40. The van der Waals surface area contributed by atoms with E-state index in [1.165, 1.54) is 53.1 Å². The smallest absolute Gasteiger partial charge is 0.0561 e. The summed E-state index contributed by atoms with van der Waals surface area (Å²) in [5.41, 5.74) is 9.38. The summed E-state index contributed by atoms with van der Waals surface area (Å²) in [5, 5.41) is 5.17. The summed E-state index contributed by atoms with van der Waals surface area (Å²) >= 11 is 1.87. The number of nitrogens with zero attached hydrogens (tertiary/aromatic N) is 2. The van der Waals surface area contributed by atoms with Crippen LogP contribution in [0.2, 0.25) is 0 Å². The Hall–Kier alpha value is -5.64. The highest BCUT2D eigenvalue weighted by molar-refractivity contribution is 7.25. The molecule has 0 spiro atoms. The van der Waals surface area contributed by atoms with Crippen molar-refractivity contribution in [3.8, 4) is 16.8 Å². The molecule has 0 bridgehead atoms. The largest absolute Gasteiger partial charge is 0.310 e. The fourth-order valence-electron chi connectivity index (χ4n) is 6.69. The van der Waals surface area contributed by atoms with Crippen molar-refractivity contribution >= 4 is 70.4 Å². The predicted octanol–water partition coefficient (Wildman–Crippen LogP) is 12.3. The van der Waals surface area contributed by atoms with Crippen LogP contribution in [-0.2, 0) is 0 Å². The molecule has 7 aromatic carbocycles. The molecule has 0 unspecified atom stereocenters. The van der Waals surface area contributed by atoms with Crippen molar-refractivity contribution < 1.29 is 0 Å². The van der Waals surface area contributed by atoms with Gasteiger partial charge in [-0.1, -0.05) is 103 Å². The highest BCUT2D eigenvalue weighted by Crippen LogP contribution is 2.40. The molecule has 9 aromatic rings. The first-order valence-electron chi connectivity index (χ1n) is 15.3. The number of benzene rings is 7. The molecule has 0 saturated heterocycles. The Morgan fingerprint density at radius 2 is 0.956 bits per heavy atom. The van der Waals surface area contributed by atoms with Crippen LogP contribution < -0.4 is 4.90 Å². The van der Waals surface area contributed by atoms with E-state index in [2.05, 4.69) is 179 Å². The van der Waals surface area contributed by atoms with Crippen molar-refractivity contribution in [2.24, 2.45) is 0 Å². The molecule has 2 aromatic heterocycles. The van der Waals surface area contributed by atoms with Gasteiger partial charge in [-0.3, -0.25) is 0 Å². The van der Waals surface area contributed by atoms with Crippen molar-refractivity contribution in [1.29, 1.82) is 0 Å². The summed E-state index contributed by atoms with van der Waals surface area (Å²) in [6.45, 7) is 0. The third kappa shape index (κ3) is 4.32. The van der Waals surface area contributed by atoms with E-state index in [1.807, 2.05) is 11.3 Å². The second-order valence-corrected chi connectivity index (χ2v) is 12.5. The van der Waals surface area contributed by atoms with E-state index >= 15 is 0 Å². The number of anilines is 3. The van der Waals surface area contributed by atoms with Crippen LogP contribution in [-0.4, -0.2) is 4.57 Å². The van der Waals surface area contributed by atoms with E-state index in [9.17, 15) is 0 Å². The lowest BCUT2D eigenvalue weighted by Gasteiger charge is -2.25. The molecule has 2 heterocycles. The molecule has 0 N–H and O–H groups in total. The van der Waals surface area contributed by atoms with Crippen LogP contribution in [0.4, 0.5) is 17.1 Å². The van der Waals surface area contributed by atoms with Gasteiger partial charge in [0.05, 0.1) is 11.0 Å². The predicted molar refractivity (Wildman–Crippen MR) is 194 cm³/mol. The van der Waals surface area contributed by atoms with Crippen molar-refractivity contribution in [3.63, 3.8) is 0 Å². The van der Waals surface area contributed by atoms with Crippen LogP contribution >= 0.6 is 11.3 Å². The highest BCUT2D eigenvalue weighted by Gasteiger charge is 2.17. The van der Waals surface area contributed by atoms with Gasteiger partial charge in [-0.2, -0.15) is 0 Å². The van der Waals surface area contributed by atoms with E-state index in [1.54, 1.807) is 0 Å². The minimum atomic E-state index is 1.12. The number of aromatic nitrogens is 1. The first kappa shape index (κ1) is 25.8. The van der Waals surface area contributed by atoms with Gasteiger partial charge in [0.25, 0.3) is 0 Å². The average molecular weight is 593 g/mol. The van der Waals surface area contributed by atoms with Gasteiger partial charge in [0.1, 0.15) is 0 Å². The molecule has 212 valence electrons. The summed E-state index contributed by atoms with van der Waals surface area (Å²) < 4.78 is 5.07. The summed E-state index contributed by atoms with van der Waals surface area (Å²) in [6.07, 6.45) is 0. The van der Waals surface area contributed by atoms with Crippen LogP contribution in [0.15, 0.2) is 170 Å². The maximum Gasteiger partial charge on any atom is 0.0561 e. The van der Waals surface area contributed by atoms with Crippen molar-refractivity contribution in [1.82, 2.24) is 4.57 Å². The Kier molecular flexibility index (Phi) is 6.03. The summed E-state index contributed by atoms with van der Waals surface area (Å²) in [4.78, 5) is 2.33. The Bertz CT molecular complexity index is 2430. The Morgan fingerprint density at radius 1 is 0.378 bits per heavy atom. The van der Waals surface area contributed by atoms with Gasteiger partial charge in [0.2, 0.25) is 0 Å². The van der Waals surface area contributed by atoms with Gasteiger partial charge in [-0.25, -0.2) is 0 Å². The standard InChI is InChI=1S/C42H28N2S/c1-3-11-31(12-4-1)43(32-13-5-2-6-14-32)34-24-26-36-35-15-7-9-17-39(35)44(40(36)28-34)33-22-19-29(20-23-33)30-21-25-38-37-16-8-10-18-41(37)45-42(38)27-30/h1-28H. The number of hydrogen-bond acceptors (Lipinski definition) is 2. The van der Waals surface area contributed by atoms with Gasteiger partial charge < -0.3 is 9.47 Å². The van der Waals surface area contributed by atoms with E-state index < -0.39 is 0 Å². The minimum Gasteiger partial charge on any atom is -0.310 e. The molecule has 0 aliphatic heterocycles.